The highest BCUT2D eigenvalue weighted by Gasteiger charge is 2.27. The molecular weight excluding hydrogens is 392 g/mol. The molecule has 0 spiro atoms. The molecule has 1 atom stereocenters. The summed E-state index contributed by atoms with van der Waals surface area (Å²) in [6, 6.07) is 10.9. The van der Waals surface area contributed by atoms with Gasteiger partial charge in [-0.2, -0.15) is 0 Å². The van der Waals surface area contributed by atoms with E-state index in [0.717, 1.165) is 35.4 Å². The third kappa shape index (κ3) is 4.32. The second-order valence-corrected chi connectivity index (χ2v) is 9.09. The Morgan fingerprint density at radius 1 is 1.14 bits per heavy atom. The maximum atomic E-state index is 13.2. The Balaban J connectivity index is 2.02. The highest BCUT2D eigenvalue weighted by Crippen LogP contribution is 2.36. The number of anilines is 1. The molecule has 1 aliphatic rings. The predicted octanol–water partition coefficient (Wildman–Crippen LogP) is 2.91. The first-order valence-corrected chi connectivity index (χ1v) is 11.2. The van der Waals surface area contributed by atoms with Gasteiger partial charge in [0.05, 0.1) is 37.8 Å². The van der Waals surface area contributed by atoms with E-state index in [4.69, 9.17) is 9.47 Å². The van der Waals surface area contributed by atoms with Crippen LogP contribution < -0.4 is 19.1 Å². The summed E-state index contributed by atoms with van der Waals surface area (Å²) in [4.78, 5) is 13.2. The maximum absolute atomic E-state index is 13.2. The number of hydrogen-bond acceptors (Lipinski definition) is 5. The van der Waals surface area contributed by atoms with Crippen molar-refractivity contribution in [3.05, 3.63) is 53.1 Å². The van der Waals surface area contributed by atoms with Gasteiger partial charge in [0.25, 0.3) is 5.91 Å². The normalized spacial score (nSPS) is 15.9. The first-order valence-electron chi connectivity index (χ1n) is 9.35. The molecule has 0 aromatic heterocycles. The maximum Gasteiger partial charge on any atom is 0.254 e. The van der Waals surface area contributed by atoms with Gasteiger partial charge in [-0.05, 0) is 36.5 Å². The van der Waals surface area contributed by atoms with E-state index in [1.54, 1.807) is 0 Å². The lowest BCUT2D eigenvalue weighted by molar-refractivity contribution is 0.0933. The number of benzene rings is 2. The van der Waals surface area contributed by atoms with Gasteiger partial charge in [0, 0.05) is 13.1 Å². The lowest BCUT2D eigenvalue weighted by Gasteiger charge is -2.27. The zero-order valence-electron chi connectivity index (χ0n) is 17.1. The minimum Gasteiger partial charge on any atom is -0.493 e. The van der Waals surface area contributed by atoms with Crippen LogP contribution in [0.1, 0.15) is 40.4 Å². The Labute approximate surface area is 171 Å². The number of amides is 1. The first kappa shape index (κ1) is 21.0. The molecule has 1 amide bonds. The third-order valence-electron chi connectivity index (χ3n) is 5.26. The SMILES string of the molecule is COc1cc(C(=O)N[C@@H]2CCCc3ccccc32)c(N(C)S(C)(=O)=O)cc1OC. The van der Waals surface area contributed by atoms with E-state index in [-0.39, 0.29) is 23.2 Å². The minimum atomic E-state index is -3.58. The van der Waals surface area contributed by atoms with Crippen LogP contribution in [0.15, 0.2) is 36.4 Å². The number of rotatable bonds is 6. The van der Waals surface area contributed by atoms with E-state index in [9.17, 15) is 13.2 Å². The van der Waals surface area contributed by atoms with Crippen molar-refractivity contribution in [2.24, 2.45) is 0 Å². The van der Waals surface area contributed by atoms with Crippen LogP contribution in [-0.4, -0.2) is 41.8 Å². The predicted molar refractivity (Wildman–Crippen MR) is 112 cm³/mol. The zero-order chi connectivity index (χ0) is 21.2. The fourth-order valence-electron chi connectivity index (χ4n) is 3.63. The fourth-order valence-corrected chi connectivity index (χ4v) is 4.14. The van der Waals surface area contributed by atoms with Crippen LogP contribution in [0.25, 0.3) is 0 Å². The smallest absolute Gasteiger partial charge is 0.254 e. The number of nitrogens with zero attached hydrogens (tertiary/aromatic N) is 1. The number of ether oxygens (including phenoxy) is 2. The van der Waals surface area contributed by atoms with Crippen LogP contribution in [-0.2, 0) is 16.4 Å². The lowest BCUT2D eigenvalue weighted by Crippen LogP contribution is -2.33. The summed E-state index contributed by atoms with van der Waals surface area (Å²) in [7, 11) is 0.753. The number of carbonyl (C=O) groups excluding carboxylic acids is 1. The summed E-state index contributed by atoms with van der Waals surface area (Å²) in [6.07, 6.45) is 3.88. The number of nitrogens with one attached hydrogen (secondary N) is 1. The van der Waals surface area contributed by atoms with Crippen LogP contribution >= 0.6 is 0 Å². The summed E-state index contributed by atoms with van der Waals surface area (Å²) in [5.41, 5.74) is 2.76. The van der Waals surface area contributed by atoms with Gasteiger partial charge in [-0.3, -0.25) is 9.10 Å². The Hall–Kier alpha value is -2.74. The third-order valence-corrected chi connectivity index (χ3v) is 6.45. The molecule has 156 valence electrons. The molecule has 7 nitrogen and oxygen atoms in total. The molecule has 0 radical (unpaired) electrons. The minimum absolute atomic E-state index is 0.128. The molecule has 29 heavy (non-hydrogen) atoms. The van der Waals surface area contributed by atoms with Crippen LogP contribution in [0.3, 0.4) is 0 Å². The summed E-state index contributed by atoms with van der Waals surface area (Å²) in [5.74, 6) is 0.336. The van der Waals surface area contributed by atoms with Gasteiger partial charge >= 0.3 is 0 Å². The molecule has 3 rings (SSSR count). The Bertz CT molecular complexity index is 1020. The second-order valence-electron chi connectivity index (χ2n) is 7.07. The number of hydrogen-bond donors (Lipinski definition) is 1. The first-order chi connectivity index (χ1) is 13.8. The van der Waals surface area contributed by atoms with E-state index < -0.39 is 10.0 Å². The van der Waals surface area contributed by atoms with Crippen molar-refractivity contribution in [3.8, 4) is 11.5 Å². The van der Waals surface area contributed by atoms with E-state index in [0.29, 0.717) is 11.5 Å². The van der Waals surface area contributed by atoms with Crippen LogP contribution in [0, 0.1) is 0 Å². The molecule has 1 N–H and O–H groups in total. The van der Waals surface area contributed by atoms with E-state index in [1.807, 2.05) is 18.2 Å². The van der Waals surface area contributed by atoms with Gasteiger partial charge in [-0.1, -0.05) is 24.3 Å². The Morgan fingerprint density at radius 3 is 2.45 bits per heavy atom. The number of methoxy groups -OCH3 is 2. The summed E-state index contributed by atoms with van der Waals surface area (Å²) < 4.78 is 36.0. The van der Waals surface area contributed by atoms with E-state index in [2.05, 4.69) is 11.4 Å². The van der Waals surface area contributed by atoms with E-state index in [1.165, 1.54) is 39.0 Å². The molecular formula is C21H26N2O5S. The van der Waals surface area contributed by atoms with Crippen LogP contribution in [0.5, 0.6) is 11.5 Å². The molecule has 2 aromatic carbocycles. The summed E-state index contributed by atoms with van der Waals surface area (Å²) in [6.45, 7) is 0. The molecule has 0 bridgehead atoms. The average Bonchev–Trinajstić information content (AvgIpc) is 2.71. The van der Waals surface area contributed by atoms with Crippen molar-refractivity contribution < 1.29 is 22.7 Å². The van der Waals surface area contributed by atoms with Crippen molar-refractivity contribution >= 4 is 21.6 Å². The van der Waals surface area contributed by atoms with Crippen molar-refractivity contribution in [1.82, 2.24) is 5.32 Å². The average molecular weight is 419 g/mol. The lowest BCUT2D eigenvalue weighted by atomic mass is 9.87. The van der Waals surface area contributed by atoms with Crippen molar-refractivity contribution in [2.75, 3.05) is 31.8 Å². The summed E-state index contributed by atoms with van der Waals surface area (Å²) >= 11 is 0. The highest BCUT2D eigenvalue weighted by atomic mass is 32.2. The largest absolute Gasteiger partial charge is 0.493 e. The molecule has 0 fully saturated rings. The molecule has 8 heteroatoms. The van der Waals surface area contributed by atoms with Crippen molar-refractivity contribution in [3.63, 3.8) is 0 Å². The van der Waals surface area contributed by atoms with E-state index >= 15 is 0 Å². The Kier molecular flexibility index (Phi) is 6.02. The number of aryl methyl sites for hydroxylation is 1. The van der Waals surface area contributed by atoms with Gasteiger partial charge in [0.2, 0.25) is 10.0 Å². The van der Waals surface area contributed by atoms with Crippen LogP contribution in [0.2, 0.25) is 0 Å². The van der Waals surface area contributed by atoms with Crippen molar-refractivity contribution in [1.29, 1.82) is 0 Å². The van der Waals surface area contributed by atoms with Gasteiger partial charge in [0.1, 0.15) is 0 Å². The molecule has 0 saturated heterocycles. The zero-order valence-corrected chi connectivity index (χ0v) is 17.9. The molecule has 0 aliphatic heterocycles. The molecule has 1 aliphatic carbocycles. The van der Waals surface area contributed by atoms with Gasteiger partial charge < -0.3 is 14.8 Å². The molecule has 2 aromatic rings. The summed E-state index contributed by atoms with van der Waals surface area (Å²) in [5, 5.41) is 3.07. The number of carbonyl (C=O) groups is 1. The van der Waals surface area contributed by atoms with Gasteiger partial charge in [0.15, 0.2) is 11.5 Å². The van der Waals surface area contributed by atoms with Crippen molar-refractivity contribution in [2.45, 2.75) is 25.3 Å². The standard InChI is InChI=1S/C21H26N2O5S/c1-23(29(4,25)26)18-13-20(28-3)19(27-2)12-16(18)21(24)22-17-11-7-9-14-8-5-6-10-15(14)17/h5-6,8,10,12-13,17H,7,9,11H2,1-4H3,(H,22,24)/t17-/m1/s1. The van der Waals surface area contributed by atoms with Gasteiger partial charge in [-0.25, -0.2) is 8.42 Å². The molecule has 0 saturated carbocycles. The Morgan fingerprint density at radius 2 is 1.79 bits per heavy atom. The molecule has 0 heterocycles. The fraction of sp³-hybridized carbons (Fsp3) is 0.381. The highest BCUT2D eigenvalue weighted by molar-refractivity contribution is 7.92. The molecule has 0 unspecified atom stereocenters. The number of sulfonamides is 1. The monoisotopic (exact) mass is 418 g/mol. The quantitative estimate of drug-likeness (QED) is 0.780. The number of fused-ring (bicyclic) bond motifs is 1. The van der Waals surface area contributed by atoms with Crippen LogP contribution in [0.4, 0.5) is 5.69 Å². The topological polar surface area (TPSA) is 84.9 Å². The second kappa shape index (κ2) is 8.32. The van der Waals surface area contributed by atoms with Gasteiger partial charge in [-0.15, -0.1) is 0 Å².